The average molecular weight is 517 g/mol. The molecule has 39 heavy (non-hydrogen) atoms. The van der Waals surface area contributed by atoms with E-state index in [-0.39, 0.29) is 6.04 Å². The van der Waals surface area contributed by atoms with Crippen molar-refractivity contribution in [1.82, 2.24) is 34.4 Å². The summed E-state index contributed by atoms with van der Waals surface area (Å²) >= 11 is 0. The number of fused-ring (bicyclic) bond motifs is 4. The normalized spacial score (nSPS) is 15.2. The quantitative estimate of drug-likeness (QED) is 0.340. The van der Waals surface area contributed by atoms with Gasteiger partial charge in [-0.05, 0) is 55.5 Å². The molecule has 0 spiro atoms. The Hall–Kier alpha value is -4.47. The number of pyridine rings is 4. The largest absolute Gasteiger partial charge is 0.379 e. The molecule has 0 amide bonds. The van der Waals surface area contributed by atoms with Gasteiger partial charge in [-0.3, -0.25) is 24.4 Å². The van der Waals surface area contributed by atoms with Crippen molar-refractivity contribution < 1.29 is 4.74 Å². The maximum Gasteiger partial charge on any atom is 0.126 e. The number of hydrogen-bond acceptors (Lipinski definition) is 8. The number of aromatic nitrogens is 6. The van der Waals surface area contributed by atoms with Crippen LogP contribution < -0.4 is 5.32 Å². The van der Waals surface area contributed by atoms with Gasteiger partial charge in [-0.25, -0.2) is 9.97 Å². The molecule has 0 bridgehead atoms. The van der Waals surface area contributed by atoms with Crippen molar-refractivity contribution in [3.8, 4) is 16.9 Å². The number of rotatable bonds is 6. The van der Waals surface area contributed by atoms with E-state index in [1.807, 2.05) is 24.7 Å². The first-order valence-electron chi connectivity index (χ1n) is 13.2. The fourth-order valence-electron chi connectivity index (χ4n) is 5.28. The molecule has 1 unspecified atom stereocenters. The van der Waals surface area contributed by atoms with E-state index < -0.39 is 0 Å². The van der Waals surface area contributed by atoms with Gasteiger partial charge in [-0.15, -0.1) is 0 Å². The van der Waals surface area contributed by atoms with Crippen molar-refractivity contribution >= 4 is 38.7 Å². The van der Waals surface area contributed by atoms with Crippen LogP contribution in [0.4, 0.5) is 5.82 Å². The Morgan fingerprint density at radius 3 is 2.62 bits per heavy atom. The van der Waals surface area contributed by atoms with Crippen molar-refractivity contribution in [2.75, 3.05) is 38.2 Å². The summed E-state index contributed by atoms with van der Waals surface area (Å²) in [5, 5.41) is 5.63. The molecule has 1 saturated heterocycles. The molecule has 0 radical (unpaired) electrons. The molecule has 5 aromatic heterocycles. The highest BCUT2D eigenvalue weighted by Crippen LogP contribution is 2.29. The van der Waals surface area contributed by atoms with Crippen LogP contribution >= 0.6 is 0 Å². The molecule has 6 heterocycles. The summed E-state index contributed by atoms with van der Waals surface area (Å²) in [6.45, 7) is 6.75. The van der Waals surface area contributed by atoms with Crippen molar-refractivity contribution in [1.29, 1.82) is 0 Å². The monoisotopic (exact) mass is 516 g/mol. The minimum absolute atomic E-state index is 0.290. The van der Waals surface area contributed by atoms with E-state index in [1.165, 1.54) is 0 Å². The Balaban J connectivity index is 1.21. The Labute approximate surface area is 225 Å². The molecule has 9 nitrogen and oxygen atoms in total. The van der Waals surface area contributed by atoms with Crippen LogP contribution in [0.25, 0.3) is 49.8 Å². The second-order valence-corrected chi connectivity index (χ2v) is 9.96. The number of nitrogens with one attached hydrogen (secondary N) is 1. The predicted octanol–water partition coefficient (Wildman–Crippen LogP) is 4.71. The zero-order valence-corrected chi connectivity index (χ0v) is 21.7. The Morgan fingerprint density at radius 1 is 0.897 bits per heavy atom. The minimum Gasteiger partial charge on any atom is -0.379 e. The minimum atomic E-state index is 0.290. The smallest absolute Gasteiger partial charge is 0.126 e. The van der Waals surface area contributed by atoms with Crippen LogP contribution in [-0.4, -0.2) is 73.3 Å². The Bertz CT molecular complexity index is 1780. The molecule has 6 aromatic rings. The second kappa shape index (κ2) is 10.0. The van der Waals surface area contributed by atoms with Gasteiger partial charge in [0.2, 0.25) is 0 Å². The summed E-state index contributed by atoms with van der Waals surface area (Å²) in [6.07, 6.45) is 9.04. The highest BCUT2D eigenvalue weighted by molar-refractivity contribution is 6.04. The summed E-state index contributed by atoms with van der Waals surface area (Å²) in [4.78, 5) is 25.3. The molecular formula is C30H28N8O. The molecule has 1 aliphatic heterocycles. The maximum atomic E-state index is 5.46. The fraction of sp³-hybridized carbons (Fsp3) is 0.233. The van der Waals surface area contributed by atoms with E-state index in [2.05, 4.69) is 78.0 Å². The SMILES string of the molecule is CC(CN1CCOCC1)Nc1ccc2cc(-n3cnc4cnc5cnc(-c6ccncc6)cc5c43)ccc2n1. The molecule has 1 aromatic carbocycles. The predicted molar refractivity (Wildman–Crippen MR) is 153 cm³/mol. The van der Waals surface area contributed by atoms with Gasteiger partial charge in [0.1, 0.15) is 17.7 Å². The first-order valence-corrected chi connectivity index (χ1v) is 13.2. The van der Waals surface area contributed by atoms with E-state index in [0.29, 0.717) is 0 Å². The van der Waals surface area contributed by atoms with Gasteiger partial charge >= 0.3 is 0 Å². The molecule has 9 heteroatoms. The van der Waals surface area contributed by atoms with Gasteiger partial charge in [0.15, 0.2) is 0 Å². The lowest BCUT2D eigenvalue weighted by Gasteiger charge is -2.29. The van der Waals surface area contributed by atoms with Crippen molar-refractivity contribution in [2.45, 2.75) is 13.0 Å². The first kappa shape index (κ1) is 23.6. The number of benzene rings is 1. The van der Waals surface area contributed by atoms with Gasteiger partial charge in [0, 0.05) is 60.1 Å². The van der Waals surface area contributed by atoms with Crippen LogP contribution in [0.1, 0.15) is 6.92 Å². The fourth-order valence-corrected chi connectivity index (χ4v) is 5.28. The lowest BCUT2D eigenvalue weighted by atomic mass is 10.1. The van der Waals surface area contributed by atoms with Gasteiger partial charge in [-0.1, -0.05) is 0 Å². The lowest BCUT2D eigenvalue weighted by molar-refractivity contribution is 0.0368. The zero-order chi connectivity index (χ0) is 26.2. The van der Waals surface area contributed by atoms with Crippen LogP contribution in [0.15, 0.2) is 79.6 Å². The molecule has 7 rings (SSSR count). The van der Waals surface area contributed by atoms with Crippen LogP contribution in [0.3, 0.4) is 0 Å². The summed E-state index contributed by atoms with van der Waals surface area (Å²) < 4.78 is 7.58. The van der Waals surface area contributed by atoms with Crippen molar-refractivity contribution in [3.05, 3.63) is 79.6 Å². The van der Waals surface area contributed by atoms with Crippen LogP contribution in [0, 0.1) is 0 Å². The maximum absolute atomic E-state index is 5.46. The van der Waals surface area contributed by atoms with Crippen LogP contribution in [0.2, 0.25) is 0 Å². The number of nitrogens with zero attached hydrogens (tertiary/aromatic N) is 7. The summed E-state index contributed by atoms with van der Waals surface area (Å²) in [6, 6.07) is 16.8. The molecule has 0 aliphatic carbocycles. The van der Waals surface area contributed by atoms with Gasteiger partial charge in [0.25, 0.3) is 0 Å². The Morgan fingerprint density at radius 2 is 1.74 bits per heavy atom. The lowest BCUT2D eigenvalue weighted by Crippen LogP contribution is -2.42. The standard InChI is InChI=1S/C30H28N8O/c1-20(18-37-10-12-39-13-11-37)35-29-5-2-22-14-23(3-4-25(22)36-29)38-19-34-28-17-33-27-16-32-26(15-24(27)30(28)38)21-6-8-31-9-7-21/h2-9,14-17,19-20H,10-13,18H2,1H3,(H,35,36). The molecule has 1 N–H and O–H groups in total. The third-order valence-corrected chi connectivity index (χ3v) is 7.22. The second-order valence-electron chi connectivity index (χ2n) is 9.96. The number of morpholine rings is 1. The Kier molecular flexibility index (Phi) is 6.07. The first-order chi connectivity index (χ1) is 19.2. The third-order valence-electron chi connectivity index (χ3n) is 7.22. The summed E-state index contributed by atoms with van der Waals surface area (Å²) in [7, 11) is 0. The van der Waals surface area contributed by atoms with Gasteiger partial charge in [0.05, 0.1) is 47.9 Å². The molecular weight excluding hydrogens is 488 g/mol. The molecule has 0 saturated carbocycles. The van der Waals surface area contributed by atoms with E-state index in [9.17, 15) is 0 Å². The number of anilines is 1. The number of ether oxygens (including phenoxy) is 1. The average Bonchev–Trinajstić information content (AvgIpc) is 3.42. The van der Waals surface area contributed by atoms with Crippen LogP contribution in [-0.2, 0) is 4.74 Å². The highest BCUT2D eigenvalue weighted by Gasteiger charge is 2.15. The topological polar surface area (TPSA) is 93.9 Å². The van der Waals surface area contributed by atoms with Crippen molar-refractivity contribution in [3.63, 3.8) is 0 Å². The summed E-state index contributed by atoms with van der Waals surface area (Å²) in [5.74, 6) is 0.886. The highest BCUT2D eigenvalue weighted by atomic mass is 16.5. The summed E-state index contributed by atoms with van der Waals surface area (Å²) in [5.41, 5.74) is 6.51. The zero-order valence-electron chi connectivity index (χ0n) is 21.7. The number of imidazole rings is 1. The van der Waals surface area contributed by atoms with E-state index >= 15 is 0 Å². The third kappa shape index (κ3) is 4.67. The van der Waals surface area contributed by atoms with Crippen LogP contribution in [0.5, 0.6) is 0 Å². The van der Waals surface area contributed by atoms with Gasteiger partial charge in [-0.2, -0.15) is 0 Å². The van der Waals surface area contributed by atoms with E-state index in [4.69, 9.17) is 9.72 Å². The van der Waals surface area contributed by atoms with Crippen molar-refractivity contribution in [2.24, 2.45) is 0 Å². The number of hydrogen-bond donors (Lipinski definition) is 1. The van der Waals surface area contributed by atoms with Gasteiger partial charge < -0.3 is 10.1 Å². The van der Waals surface area contributed by atoms with E-state index in [1.54, 1.807) is 18.6 Å². The molecule has 1 aliphatic rings. The van der Waals surface area contributed by atoms with E-state index in [0.717, 1.165) is 88.4 Å². The molecule has 1 fully saturated rings. The molecule has 194 valence electrons. The molecule has 1 atom stereocenters.